The number of carbonyl (C=O) groups is 1. The van der Waals surface area contributed by atoms with Gasteiger partial charge in [-0.15, -0.1) is 5.10 Å². The summed E-state index contributed by atoms with van der Waals surface area (Å²) in [5.41, 5.74) is 2.13. The fraction of sp³-hybridized carbons (Fsp3) is 0.409. The Morgan fingerprint density at radius 3 is 2.66 bits per heavy atom. The van der Waals surface area contributed by atoms with Crippen molar-refractivity contribution >= 4 is 23.2 Å². The summed E-state index contributed by atoms with van der Waals surface area (Å²) in [5.74, 6) is 0.348. The molecule has 1 aliphatic rings. The van der Waals surface area contributed by atoms with E-state index in [1.165, 1.54) is 0 Å². The van der Waals surface area contributed by atoms with E-state index in [9.17, 15) is 4.79 Å². The lowest BCUT2D eigenvalue weighted by molar-refractivity contribution is 0.0758. The number of rotatable bonds is 4. The number of hydrogen-bond acceptors (Lipinski definition) is 5. The molecule has 0 saturated carbocycles. The molecule has 4 rings (SSSR count). The molecule has 0 spiro atoms. The minimum atomic E-state index is -0.118. The maximum atomic E-state index is 13.0. The van der Waals surface area contributed by atoms with Crippen LogP contribution in [0.2, 0.25) is 0 Å². The summed E-state index contributed by atoms with van der Waals surface area (Å²) < 4.78 is 1.60. The Morgan fingerprint density at radius 2 is 1.90 bits per heavy atom. The zero-order chi connectivity index (χ0) is 20.4. The van der Waals surface area contributed by atoms with Gasteiger partial charge in [0.1, 0.15) is 5.69 Å². The van der Waals surface area contributed by atoms with Crippen LogP contribution in [0.15, 0.2) is 48.5 Å². The second kappa shape index (κ2) is 7.83. The molecule has 0 bridgehead atoms. The summed E-state index contributed by atoms with van der Waals surface area (Å²) in [6.07, 6.45) is 2.08. The van der Waals surface area contributed by atoms with Crippen LogP contribution < -0.4 is 10.6 Å². The molecule has 0 aliphatic carbocycles. The first-order valence-corrected chi connectivity index (χ1v) is 10.1. The van der Waals surface area contributed by atoms with Crippen molar-refractivity contribution in [2.45, 2.75) is 45.2 Å². The highest BCUT2D eigenvalue weighted by molar-refractivity contribution is 5.93. The van der Waals surface area contributed by atoms with Crippen LogP contribution in [0.3, 0.4) is 0 Å². The van der Waals surface area contributed by atoms with Crippen molar-refractivity contribution in [1.29, 1.82) is 0 Å². The highest BCUT2D eigenvalue weighted by Crippen LogP contribution is 2.20. The topological polar surface area (TPSA) is 74.6 Å². The Kier molecular flexibility index (Phi) is 5.24. The standard InChI is InChI=1S/C22H28N6O/c1-22(2,3)27-14-8-11-17(15-27)23-20(29)18-12-7-13-19-25-21(26-28(18)19)24-16-9-5-4-6-10-16/h4-7,9-10,12-13,17H,8,11,14-15H2,1-3H3,(H,23,29)(H,24,26)/t17-/m0/s1. The number of benzene rings is 1. The largest absolute Gasteiger partial charge is 0.347 e. The van der Waals surface area contributed by atoms with Gasteiger partial charge in [-0.25, -0.2) is 4.52 Å². The molecule has 2 aromatic heterocycles. The van der Waals surface area contributed by atoms with Gasteiger partial charge in [-0.05, 0) is 64.4 Å². The Hall–Kier alpha value is -2.93. The first-order chi connectivity index (χ1) is 13.9. The number of pyridine rings is 1. The van der Waals surface area contributed by atoms with Gasteiger partial charge < -0.3 is 10.6 Å². The van der Waals surface area contributed by atoms with Crippen molar-refractivity contribution in [2.75, 3.05) is 18.4 Å². The molecular formula is C22H28N6O. The summed E-state index contributed by atoms with van der Waals surface area (Å²) >= 11 is 0. The van der Waals surface area contributed by atoms with Crippen molar-refractivity contribution < 1.29 is 4.79 Å². The molecule has 29 heavy (non-hydrogen) atoms. The Morgan fingerprint density at radius 1 is 1.10 bits per heavy atom. The third-order valence-electron chi connectivity index (χ3n) is 5.33. The Balaban J connectivity index is 1.52. The number of nitrogens with one attached hydrogen (secondary N) is 2. The van der Waals surface area contributed by atoms with E-state index in [0.29, 0.717) is 17.3 Å². The van der Waals surface area contributed by atoms with E-state index in [0.717, 1.165) is 31.6 Å². The van der Waals surface area contributed by atoms with E-state index in [2.05, 4.69) is 46.4 Å². The molecular weight excluding hydrogens is 364 g/mol. The number of para-hydroxylation sites is 1. The number of nitrogens with zero attached hydrogens (tertiary/aromatic N) is 4. The highest BCUT2D eigenvalue weighted by atomic mass is 16.2. The van der Waals surface area contributed by atoms with E-state index in [4.69, 9.17) is 0 Å². The van der Waals surface area contributed by atoms with Gasteiger partial charge >= 0.3 is 0 Å². The average molecular weight is 393 g/mol. The molecule has 1 atom stereocenters. The maximum Gasteiger partial charge on any atom is 0.270 e. The molecule has 1 aromatic carbocycles. The molecule has 7 nitrogen and oxygen atoms in total. The number of fused-ring (bicyclic) bond motifs is 1. The van der Waals surface area contributed by atoms with Crippen LogP contribution in [0.5, 0.6) is 0 Å². The van der Waals surface area contributed by atoms with Gasteiger partial charge in [-0.3, -0.25) is 9.69 Å². The van der Waals surface area contributed by atoms with Gasteiger partial charge in [0.25, 0.3) is 5.91 Å². The monoisotopic (exact) mass is 392 g/mol. The summed E-state index contributed by atoms with van der Waals surface area (Å²) in [7, 11) is 0. The minimum absolute atomic E-state index is 0.104. The number of piperidine rings is 1. The normalized spacial score (nSPS) is 18.0. The summed E-state index contributed by atoms with van der Waals surface area (Å²) in [6.45, 7) is 8.59. The first kappa shape index (κ1) is 19.4. The minimum Gasteiger partial charge on any atom is -0.347 e. The van der Waals surface area contributed by atoms with Gasteiger partial charge in [-0.1, -0.05) is 24.3 Å². The number of anilines is 2. The Bertz CT molecular complexity index is 991. The third kappa shape index (κ3) is 4.40. The summed E-state index contributed by atoms with van der Waals surface area (Å²) in [5, 5.41) is 10.9. The number of aromatic nitrogens is 3. The van der Waals surface area contributed by atoms with Crippen LogP contribution in [0.1, 0.15) is 44.1 Å². The van der Waals surface area contributed by atoms with Gasteiger partial charge in [0.15, 0.2) is 5.65 Å². The van der Waals surface area contributed by atoms with Crippen molar-refractivity contribution in [1.82, 2.24) is 24.8 Å². The van der Waals surface area contributed by atoms with Gasteiger partial charge in [0.05, 0.1) is 0 Å². The second-order valence-electron chi connectivity index (χ2n) is 8.54. The van der Waals surface area contributed by atoms with Crippen molar-refractivity contribution in [3.63, 3.8) is 0 Å². The number of amides is 1. The first-order valence-electron chi connectivity index (χ1n) is 10.1. The number of hydrogen-bond donors (Lipinski definition) is 2. The molecule has 2 N–H and O–H groups in total. The van der Waals surface area contributed by atoms with Crippen LogP contribution in [0, 0.1) is 0 Å². The third-order valence-corrected chi connectivity index (χ3v) is 5.33. The van der Waals surface area contributed by atoms with Crippen molar-refractivity contribution in [3.05, 3.63) is 54.2 Å². The SMILES string of the molecule is CC(C)(C)N1CCC[C@H](NC(=O)c2cccc3nc(Nc4ccccc4)nn23)C1. The average Bonchev–Trinajstić information content (AvgIpc) is 3.10. The summed E-state index contributed by atoms with van der Waals surface area (Å²) in [6, 6.07) is 15.4. The Labute approximate surface area is 171 Å². The van der Waals surface area contributed by atoms with E-state index >= 15 is 0 Å². The zero-order valence-corrected chi connectivity index (χ0v) is 17.2. The van der Waals surface area contributed by atoms with E-state index in [1.54, 1.807) is 10.6 Å². The van der Waals surface area contributed by atoms with Crippen molar-refractivity contribution in [3.8, 4) is 0 Å². The van der Waals surface area contributed by atoms with Crippen LogP contribution in [-0.4, -0.2) is 50.1 Å². The predicted octanol–water partition coefficient (Wildman–Crippen LogP) is 3.47. The molecule has 7 heteroatoms. The van der Waals surface area contributed by atoms with Gasteiger partial charge in [-0.2, -0.15) is 4.98 Å². The second-order valence-corrected chi connectivity index (χ2v) is 8.54. The van der Waals surface area contributed by atoms with Crippen LogP contribution in [0.4, 0.5) is 11.6 Å². The molecule has 3 heterocycles. The predicted molar refractivity (Wildman–Crippen MR) is 115 cm³/mol. The molecule has 1 amide bonds. The fourth-order valence-corrected chi connectivity index (χ4v) is 3.74. The molecule has 1 aliphatic heterocycles. The summed E-state index contributed by atoms with van der Waals surface area (Å²) in [4.78, 5) is 19.9. The van der Waals surface area contributed by atoms with E-state index in [-0.39, 0.29) is 17.5 Å². The number of likely N-dealkylation sites (tertiary alicyclic amines) is 1. The molecule has 1 saturated heterocycles. The molecule has 3 aromatic rings. The van der Waals surface area contributed by atoms with Crippen LogP contribution in [-0.2, 0) is 0 Å². The molecule has 0 unspecified atom stereocenters. The van der Waals surface area contributed by atoms with Gasteiger partial charge in [0.2, 0.25) is 5.95 Å². The van der Waals surface area contributed by atoms with E-state index in [1.807, 2.05) is 42.5 Å². The fourth-order valence-electron chi connectivity index (χ4n) is 3.74. The maximum absolute atomic E-state index is 13.0. The zero-order valence-electron chi connectivity index (χ0n) is 17.2. The van der Waals surface area contributed by atoms with E-state index < -0.39 is 0 Å². The number of carbonyl (C=O) groups excluding carboxylic acids is 1. The molecule has 0 radical (unpaired) electrons. The highest BCUT2D eigenvalue weighted by Gasteiger charge is 2.29. The lowest BCUT2D eigenvalue weighted by Crippen LogP contribution is -2.53. The van der Waals surface area contributed by atoms with Crippen molar-refractivity contribution in [2.24, 2.45) is 0 Å². The van der Waals surface area contributed by atoms with Crippen LogP contribution in [0.25, 0.3) is 5.65 Å². The molecule has 1 fully saturated rings. The molecule has 152 valence electrons. The lowest BCUT2D eigenvalue weighted by atomic mass is 9.98. The smallest absolute Gasteiger partial charge is 0.270 e. The quantitative estimate of drug-likeness (QED) is 0.711. The lowest BCUT2D eigenvalue weighted by Gasteiger charge is -2.41. The van der Waals surface area contributed by atoms with Gasteiger partial charge in [0, 0.05) is 23.8 Å². The van der Waals surface area contributed by atoms with Crippen LogP contribution >= 0.6 is 0 Å².